The Kier molecular flexibility index (Phi) is 4.68. The van der Waals surface area contributed by atoms with Crippen LogP contribution in [0, 0.1) is 0 Å². The molecule has 5 rings (SSSR count). The number of H-pyrrole nitrogens is 1. The molecule has 1 aromatic heterocycles. The monoisotopic (exact) mass is 442 g/mol. The maximum absolute atomic E-state index is 13.5. The Labute approximate surface area is 189 Å². The lowest BCUT2D eigenvalue weighted by atomic mass is 9.93. The van der Waals surface area contributed by atoms with Crippen LogP contribution in [-0.4, -0.2) is 32.2 Å². The molecular formula is C25H22N4O4. The smallest absolute Gasteiger partial charge is 0.411 e. The van der Waals surface area contributed by atoms with Gasteiger partial charge in [0.2, 0.25) is 5.95 Å². The molecule has 4 N–H and O–H groups in total. The van der Waals surface area contributed by atoms with Crippen molar-refractivity contribution >= 4 is 34.7 Å². The number of nitrogens with zero attached hydrogens (tertiary/aromatic N) is 2. The van der Waals surface area contributed by atoms with E-state index in [1.807, 2.05) is 24.3 Å². The van der Waals surface area contributed by atoms with Crippen molar-refractivity contribution in [3.8, 4) is 0 Å². The number of carbonyl (C=O) groups excluding carboxylic acids is 1. The second-order valence-corrected chi connectivity index (χ2v) is 8.36. The van der Waals surface area contributed by atoms with Crippen LogP contribution < -0.4 is 10.2 Å². The predicted octanol–water partition coefficient (Wildman–Crippen LogP) is 4.63. The molecule has 4 aromatic rings. The van der Waals surface area contributed by atoms with Crippen molar-refractivity contribution in [2.24, 2.45) is 0 Å². The van der Waals surface area contributed by atoms with Crippen molar-refractivity contribution in [1.82, 2.24) is 9.97 Å². The van der Waals surface area contributed by atoms with Gasteiger partial charge in [0.05, 0.1) is 11.0 Å². The van der Waals surface area contributed by atoms with Crippen LogP contribution in [0.3, 0.4) is 0 Å². The Morgan fingerprint density at radius 2 is 1.88 bits per heavy atom. The van der Waals surface area contributed by atoms with Gasteiger partial charge in [0.25, 0.3) is 5.91 Å². The molecule has 33 heavy (non-hydrogen) atoms. The van der Waals surface area contributed by atoms with Crippen molar-refractivity contribution in [2.75, 3.05) is 10.2 Å². The van der Waals surface area contributed by atoms with Gasteiger partial charge in [-0.3, -0.25) is 15.0 Å². The zero-order chi connectivity index (χ0) is 23.3. The van der Waals surface area contributed by atoms with Gasteiger partial charge in [0.15, 0.2) is 5.72 Å². The van der Waals surface area contributed by atoms with E-state index in [1.165, 1.54) is 4.90 Å². The van der Waals surface area contributed by atoms with Crippen LogP contribution >= 0.6 is 0 Å². The van der Waals surface area contributed by atoms with Crippen molar-refractivity contribution in [3.63, 3.8) is 0 Å². The summed E-state index contributed by atoms with van der Waals surface area (Å²) in [4.78, 5) is 33.0. The van der Waals surface area contributed by atoms with E-state index in [1.54, 1.807) is 42.5 Å². The van der Waals surface area contributed by atoms with E-state index >= 15 is 0 Å². The summed E-state index contributed by atoms with van der Waals surface area (Å²) in [5.41, 5.74) is 2.28. The van der Waals surface area contributed by atoms with Gasteiger partial charge in [-0.1, -0.05) is 50.2 Å². The van der Waals surface area contributed by atoms with E-state index in [9.17, 15) is 14.7 Å². The summed E-state index contributed by atoms with van der Waals surface area (Å²) in [5.74, 6) is 0.0256. The normalized spacial score (nSPS) is 17.6. The van der Waals surface area contributed by atoms with Crippen LogP contribution in [-0.2, 0) is 5.72 Å². The van der Waals surface area contributed by atoms with E-state index < -0.39 is 11.8 Å². The summed E-state index contributed by atoms with van der Waals surface area (Å²) >= 11 is 0. The fraction of sp³-hybridized carbons (Fsp3) is 0.160. The Morgan fingerprint density at radius 1 is 1.09 bits per heavy atom. The first-order valence-electron chi connectivity index (χ1n) is 10.6. The molecule has 2 amide bonds. The van der Waals surface area contributed by atoms with E-state index in [0.717, 1.165) is 5.56 Å². The van der Waals surface area contributed by atoms with Crippen molar-refractivity contribution in [2.45, 2.75) is 25.5 Å². The summed E-state index contributed by atoms with van der Waals surface area (Å²) in [6.07, 6.45) is -1.24. The lowest BCUT2D eigenvalue weighted by Gasteiger charge is -2.35. The number of aromatic amines is 1. The van der Waals surface area contributed by atoms with Crippen LogP contribution in [0.2, 0.25) is 0 Å². The molecule has 166 valence electrons. The van der Waals surface area contributed by atoms with E-state index in [0.29, 0.717) is 33.4 Å². The lowest BCUT2D eigenvalue weighted by molar-refractivity contribution is 0.0704. The minimum absolute atomic E-state index is 0.0750. The first-order valence-corrected chi connectivity index (χ1v) is 10.6. The van der Waals surface area contributed by atoms with Crippen LogP contribution in [0.1, 0.15) is 46.8 Å². The zero-order valence-electron chi connectivity index (χ0n) is 18.0. The summed E-state index contributed by atoms with van der Waals surface area (Å²) < 4.78 is 0. The third kappa shape index (κ3) is 3.23. The molecular weight excluding hydrogens is 420 g/mol. The van der Waals surface area contributed by atoms with Gasteiger partial charge in [-0.15, -0.1) is 0 Å². The van der Waals surface area contributed by atoms with E-state index in [2.05, 4.69) is 29.1 Å². The number of amides is 2. The average molecular weight is 442 g/mol. The van der Waals surface area contributed by atoms with Gasteiger partial charge in [0, 0.05) is 22.4 Å². The number of hydrogen-bond acceptors (Lipinski definition) is 4. The first kappa shape index (κ1) is 20.7. The van der Waals surface area contributed by atoms with Gasteiger partial charge in [-0.05, 0) is 41.8 Å². The number of hydrogen-bond donors (Lipinski definition) is 4. The molecule has 2 heterocycles. The number of carboxylic acid groups (broad SMARTS) is 1. The maximum Gasteiger partial charge on any atom is 0.411 e. The third-order valence-corrected chi connectivity index (χ3v) is 5.96. The number of carbonyl (C=O) groups is 2. The van der Waals surface area contributed by atoms with Gasteiger partial charge in [-0.25, -0.2) is 9.78 Å². The minimum Gasteiger partial charge on any atom is -0.465 e. The fourth-order valence-corrected chi connectivity index (χ4v) is 4.36. The van der Waals surface area contributed by atoms with E-state index in [-0.39, 0.29) is 17.8 Å². The van der Waals surface area contributed by atoms with Crippen LogP contribution in [0.15, 0.2) is 66.7 Å². The second-order valence-electron chi connectivity index (χ2n) is 8.36. The largest absolute Gasteiger partial charge is 0.465 e. The molecule has 1 aliphatic heterocycles. The summed E-state index contributed by atoms with van der Waals surface area (Å²) in [5, 5.41) is 23.4. The molecule has 0 spiro atoms. The molecule has 1 unspecified atom stereocenters. The van der Waals surface area contributed by atoms with Gasteiger partial charge >= 0.3 is 6.09 Å². The lowest BCUT2D eigenvalue weighted by Crippen LogP contribution is -2.45. The van der Waals surface area contributed by atoms with Crippen LogP contribution in [0.4, 0.5) is 16.4 Å². The quantitative estimate of drug-likeness (QED) is 0.367. The van der Waals surface area contributed by atoms with Crippen LogP contribution in [0.25, 0.3) is 11.0 Å². The number of aliphatic hydroxyl groups is 1. The number of fused-ring (bicyclic) bond motifs is 2. The number of imidazole rings is 1. The summed E-state index contributed by atoms with van der Waals surface area (Å²) in [7, 11) is 0. The van der Waals surface area contributed by atoms with Crippen molar-refractivity contribution in [1.29, 1.82) is 0 Å². The molecule has 1 aliphatic rings. The molecule has 8 heteroatoms. The molecule has 8 nitrogen and oxygen atoms in total. The highest BCUT2D eigenvalue weighted by molar-refractivity contribution is 6.12. The number of benzene rings is 3. The SMILES string of the molecule is CC(C)c1cccc(N2C(=O)c3ccccc3C2(O)c2ccc3nc(NC(=O)O)[nH]c3c2)c1. The third-order valence-electron chi connectivity index (χ3n) is 5.96. The second kappa shape index (κ2) is 7.46. The molecule has 0 saturated carbocycles. The standard InChI is InChI=1S/C25H22N4O4/c1-14(2)15-6-5-7-17(12-15)29-22(30)18-8-3-4-9-19(18)25(29,33)16-10-11-20-21(13-16)27-23(26-20)28-24(31)32/h3-14,33H,1-2H3,(H,31,32)(H2,26,27,28). The highest BCUT2D eigenvalue weighted by Crippen LogP contribution is 2.45. The summed E-state index contributed by atoms with van der Waals surface area (Å²) in [6, 6.07) is 19.7. The van der Waals surface area contributed by atoms with E-state index in [4.69, 9.17) is 5.11 Å². The number of anilines is 2. The fourth-order valence-electron chi connectivity index (χ4n) is 4.36. The Hall–Kier alpha value is -4.17. The molecule has 0 aliphatic carbocycles. The zero-order valence-corrected chi connectivity index (χ0v) is 18.0. The number of aromatic nitrogens is 2. The van der Waals surface area contributed by atoms with Crippen LogP contribution in [0.5, 0.6) is 0 Å². The molecule has 0 radical (unpaired) electrons. The van der Waals surface area contributed by atoms with Gasteiger partial charge < -0.3 is 15.2 Å². The Morgan fingerprint density at radius 3 is 2.64 bits per heavy atom. The van der Waals surface area contributed by atoms with Crippen molar-refractivity contribution < 1.29 is 19.8 Å². The van der Waals surface area contributed by atoms with Gasteiger partial charge in [-0.2, -0.15) is 0 Å². The Balaban J connectivity index is 1.70. The number of rotatable bonds is 4. The molecule has 3 aromatic carbocycles. The highest BCUT2D eigenvalue weighted by atomic mass is 16.4. The maximum atomic E-state index is 13.5. The Bertz CT molecular complexity index is 1410. The summed E-state index contributed by atoms with van der Waals surface area (Å²) in [6.45, 7) is 4.14. The van der Waals surface area contributed by atoms with Gasteiger partial charge in [0.1, 0.15) is 0 Å². The molecule has 0 saturated heterocycles. The van der Waals surface area contributed by atoms with Crippen molar-refractivity contribution in [3.05, 3.63) is 89.0 Å². The average Bonchev–Trinajstić information content (AvgIpc) is 3.29. The molecule has 0 fully saturated rings. The highest BCUT2D eigenvalue weighted by Gasteiger charge is 2.50. The molecule has 0 bridgehead atoms. The molecule has 1 atom stereocenters. The minimum atomic E-state index is -1.76. The topological polar surface area (TPSA) is 119 Å². The predicted molar refractivity (Wildman–Crippen MR) is 125 cm³/mol. The first-order chi connectivity index (χ1) is 15.8. The number of nitrogens with one attached hydrogen (secondary N) is 2.